The molecule has 1 amide bonds. The molecule has 1 fully saturated rings. The fourth-order valence-electron chi connectivity index (χ4n) is 4.58. The van der Waals surface area contributed by atoms with E-state index in [1.165, 1.54) is 16.7 Å². The van der Waals surface area contributed by atoms with Crippen molar-refractivity contribution in [3.63, 3.8) is 0 Å². The lowest BCUT2D eigenvalue weighted by atomic mass is 10.0. The molecule has 172 valence electrons. The Bertz CT molecular complexity index is 1130. The lowest BCUT2D eigenvalue weighted by molar-refractivity contribution is 0.0746. The van der Waals surface area contributed by atoms with Gasteiger partial charge >= 0.3 is 0 Å². The zero-order valence-corrected chi connectivity index (χ0v) is 20.4. The maximum absolute atomic E-state index is 13.0. The zero-order chi connectivity index (χ0) is 23.5. The summed E-state index contributed by atoms with van der Waals surface area (Å²) < 4.78 is 0. The van der Waals surface area contributed by atoms with E-state index in [0.29, 0.717) is 19.0 Å². The fourth-order valence-corrected chi connectivity index (χ4v) is 4.58. The first-order valence-electron chi connectivity index (χ1n) is 12.0. The van der Waals surface area contributed by atoms with Gasteiger partial charge in [-0.1, -0.05) is 56.7 Å². The van der Waals surface area contributed by atoms with Crippen molar-refractivity contribution in [3.05, 3.63) is 76.5 Å². The number of hydrogen-bond acceptors (Lipinski definition) is 4. The van der Waals surface area contributed by atoms with Crippen LogP contribution in [0.4, 0.5) is 5.82 Å². The van der Waals surface area contributed by atoms with E-state index < -0.39 is 0 Å². The van der Waals surface area contributed by atoms with Crippen molar-refractivity contribution in [3.8, 4) is 11.4 Å². The Morgan fingerprint density at radius 3 is 2.27 bits per heavy atom. The van der Waals surface area contributed by atoms with Crippen molar-refractivity contribution in [2.45, 2.75) is 47.0 Å². The van der Waals surface area contributed by atoms with E-state index in [-0.39, 0.29) is 5.91 Å². The van der Waals surface area contributed by atoms with Crippen molar-refractivity contribution < 1.29 is 4.79 Å². The van der Waals surface area contributed by atoms with Gasteiger partial charge in [0.25, 0.3) is 5.91 Å². The van der Waals surface area contributed by atoms with Gasteiger partial charge in [-0.05, 0) is 49.9 Å². The van der Waals surface area contributed by atoms with Crippen LogP contribution in [-0.4, -0.2) is 47.0 Å². The average Bonchev–Trinajstić information content (AvgIpc) is 2.83. The summed E-state index contributed by atoms with van der Waals surface area (Å²) in [5.74, 6) is 2.21. The number of carbonyl (C=O) groups is 1. The SMILES string of the molecule is CCc1ccc(C(=O)N2CCN(c3nc(-c4cccc(C)c4)nc(C)c3C(C)C)CC2)cc1. The Morgan fingerprint density at radius 2 is 1.67 bits per heavy atom. The van der Waals surface area contributed by atoms with Gasteiger partial charge in [0.1, 0.15) is 5.82 Å². The van der Waals surface area contributed by atoms with E-state index in [0.717, 1.165) is 48.0 Å². The number of piperazine rings is 1. The third-order valence-electron chi connectivity index (χ3n) is 6.45. The van der Waals surface area contributed by atoms with E-state index in [4.69, 9.17) is 9.97 Å². The molecule has 0 atom stereocenters. The van der Waals surface area contributed by atoms with Gasteiger partial charge in [0.2, 0.25) is 0 Å². The zero-order valence-electron chi connectivity index (χ0n) is 20.4. The Hall–Kier alpha value is -3.21. The lowest BCUT2D eigenvalue weighted by Crippen LogP contribution is -2.49. The normalized spacial score (nSPS) is 14.1. The highest BCUT2D eigenvalue weighted by Gasteiger charge is 2.26. The molecule has 33 heavy (non-hydrogen) atoms. The maximum Gasteiger partial charge on any atom is 0.253 e. The molecule has 1 aliphatic heterocycles. The molecule has 0 spiro atoms. The molecule has 1 saturated heterocycles. The van der Waals surface area contributed by atoms with Crippen LogP contribution in [0.25, 0.3) is 11.4 Å². The monoisotopic (exact) mass is 442 g/mol. The number of benzene rings is 2. The quantitative estimate of drug-likeness (QED) is 0.530. The summed E-state index contributed by atoms with van der Waals surface area (Å²) in [6.07, 6.45) is 0.980. The van der Waals surface area contributed by atoms with Crippen LogP contribution < -0.4 is 4.90 Å². The van der Waals surface area contributed by atoms with Crippen molar-refractivity contribution in [2.75, 3.05) is 31.1 Å². The molecule has 0 unspecified atom stereocenters. The minimum atomic E-state index is 0.112. The minimum Gasteiger partial charge on any atom is -0.353 e. The molecule has 3 aromatic rings. The van der Waals surface area contributed by atoms with Crippen molar-refractivity contribution >= 4 is 11.7 Å². The Labute approximate surface area is 197 Å². The second kappa shape index (κ2) is 9.74. The van der Waals surface area contributed by atoms with Crippen LogP contribution in [0.2, 0.25) is 0 Å². The van der Waals surface area contributed by atoms with Crippen molar-refractivity contribution in [1.29, 1.82) is 0 Å². The molecule has 2 aromatic carbocycles. The first-order valence-corrected chi connectivity index (χ1v) is 12.0. The number of aromatic nitrogens is 2. The van der Waals surface area contributed by atoms with Crippen LogP contribution in [0.1, 0.15) is 59.4 Å². The highest BCUT2D eigenvalue weighted by atomic mass is 16.2. The van der Waals surface area contributed by atoms with Gasteiger partial charge in [0.15, 0.2) is 5.82 Å². The molecule has 5 nitrogen and oxygen atoms in total. The number of nitrogens with zero attached hydrogens (tertiary/aromatic N) is 4. The third-order valence-corrected chi connectivity index (χ3v) is 6.45. The van der Waals surface area contributed by atoms with Gasteiger partial charge in [-0.3, -0.25) is 4.79 Å². The molecule has 2 heterocycles. The number of carbonyl (C=O) groups excluding carboxylic acids is 1. The van der Waals surface area contributed by atoms with Crippen LogP contribution in [0, 0.1) is 13.8 Å². The van der Waals surface area contributed by atoms with Gasteiger partial charge in [-0.2, -0.15) is 0 Å². The summed E-state index contributed by atoms with van der Waals surface area (Å²) in [6.45, 7) is 13.6. The number of anilines is 1. The largest absolute Gasteiger partial charge is 0.353 e. The summed E-state index contributed by atoms with van der Waals surface area (Å²) >= 11 is 0. The molecule has 0 radical (unpaired) electrons. The smallest absolute Gasteiger partial charge is 0.253 e. The van der Waals surface area contributed by atoms with Crippen LogP contribution in [0.5, 0.6) is 0 Å². The predicted molar refractivity (Wildman–Crippen MR) is 135 cm³/mol. The predicted octanol–water partition coefficient (Wildman–Crippen LogP) is 5.41. The standard InChI is InChI=1S/C28H34N4O/c1-6-22-10-12-23(13-11-22)28(33)32-16-14-31(15-17-32)27-25(19(2)3)21(5)29-26(30-27)24-9-7-8-20(4)18-24/h7-13,18-19H,6,14-17H2,1-5H3. The van der Waals surface area contributed by atoms with Crippen LogP contribution >= 0.6 is 0 Å². The van der Waals surface area contributed by atoms with Gasteiger partial charge < -0.3 is 9.80 Å². The Balaban J connectivity index is 1.57. The van der Waals surface area contributed by atoms with E-state index >= 15 is 0 Å². The van der Waals surface area contributed by atoms with Crippen molar-refractivity contribution in [1.82, 2.24) is 14.9 Å². The number of hydrogen-bond donors (Lipinski definition) is 0. The molecule has 1 aromatic heterocycles. The first-order chi connectivity index (χ1) is 15.9. The minimum absolute atomic E-state index is 0.112. The molecule has 1 aliphatic rings. The lowest BCUT2D eigenvalue weighted by Gasteiger charge is -2.37. The highest BCUT2D eigenvalue weighted by molar-refractivity contribution is 5.94. The molecule has 0 aliphatic carbocycles. The maximum atomic E-state index is 13.0. The Kier molecular flexibility index (Phi) is 6.77. The molecular weight excluding hydrogens is 408 g/mol. The second-order valence-electron chi connectivity index (χ2n) is 9.22. The molecule has 5 heteroatoms. The van der Waals surface area contributed by atoms with E-state index in [1.807, 2.05) is 17.0 Å². The number of amides is 1. The summed E-state index contributed by atoms with van der Waals surface area (Å²) in [6, 6.07) is 16.3. The molecule has 0 bridgehead atoms. The van der Waals surface area contributed by atoms with E-state index in [2.05, 4.69) is 75.9 Å². The van der Waals surface area contributed by atoms with Crippen LogP contribution in [-0.2, 0) is 6.42 Å². The third kappa shape index (κ3) is 4.92. The van der Waals surface area contributed by atoms with Gasteiger partial charge in [-0.15, -0.1) is 0 Å². The Morgan fingerprint density at radius 1 is 0.970 bits per heavy atom. The number of aryl methyl sites for hydroxylation is 3. The molecule has 0 N–H and O–H groups in total. The van der Waals surface area contributed by atoms with E-state index in [1.54, 1.807) is 0 Å². The summed E-state index contributed by atoms with van der Waals surface area (Å²) in [7, 11) is 0. The van der Waals surface area contributed by atoms with Crippen LogP contribution in [0.15, 0.2) is 48.5 Å². The van der Waals surface area contributed by atoms with Crippen molar-refractivity contribution in [2.24, 2.45) is 0 Å². The van der Waals surface area contributed by atoms with Gasteiger partial charge in [0, 0.05) is 48.6 Å². The average molecular weight is 443 g/mol. The second-order valence-corrected chi connectivity index (χ2v) is 9.22. The molecular formula is C28H34N4O. The van der Waals surface area contributed by atoms with Gasteiger partial charge in [0.05, 0.1) is 0 Å². The highest BCUT2D eigenvalue weighted by Crippen LogP contribution is 2.31. The fraction of sp³-hybridized carbons (Fsp3) is 0.393. The summed E-state index contributed by atoms with van der Waals surface area (Å²) in [4.78, 5) is 27.2. The summed E-state index contributed by atoms with van der Waals surface area (Å²) in [5.41, 5.74) is 6.48. The summed E-state index contributed by atoms with van der Waals surface area (Å²) in [5, 5.41) is 0. The topological polar surface area (TPSA) is 49.3 Å². The van der Waals surface area contributed by atoms with Gasteiger partial charge in [-0.25, -0.2) is 9.97 Å². The molecule has 4 rings (SSSR count). The van der Waals surface area contributed by atoms with Crippen LogP contribution in [0.3, 0.4) is 0 Å². The first kappa shape index (κ1) is 23.0. The van der Waals surface area contributed by atoms with E-state index in [9.17, 15) is 4.79 Å². The molecule has 0 saturated carbocycles. The number of rotatable bonds is 5.